The van der Waals surface area contributed by atoms with E-state index in [0.717, 1.165) is 42.3 Å². The van der Waals surface area contributed by atoms with Gasteiger partial charge in [-0.3, -0.25) is 0 Å². The molecule has 0 bridgehead atoms. The molecule has 0 aliphatic rings. The first-order chi connectivity index (χ1) is 9.45. The van der Waals surface area contributed by atoms with Gasteiger partial charge in [0.15, 0.2) is 0 Å². The first-order valence-corrected chi connectivity index (χ1v) is 7.36. The standard InChI is InChI=1S/C17H25N3/c1-6-7-8-20-14(5)19-16(17(20)18)15-10-12(3)11(2)9-13(15)4/h9-10H,6-8,18H2,1-5H3. The summed E-state index contributed by atoms with van der Waals surface area (Å²) in [5.74, 6) is 1.80. The van der Waals surface area contributed by atoms with E-state index < -0.39 is 0 Å². The van der Waals surface area contributed by atoms with Gasteiger partial charge < -0.3 is 10.3 Å². The summed E-state index contributed by atoms with van der Waals surface area (Å²) in [5.41, 5.74) is 12.3. The molecule has 3 heteroatoms. The Balaban J connectivity index is 2.51. The smallest absolute Gasteiger partial charge is 0.131 e. The first-order valence-electron chi connectivity index (χ1n) is 7.36. The Kier molecular flexibility index (Phi) is 4.17. The van der Waals surface area contributed by atoms with Crippen LogP contribution < -0.4 is 5.73 Å². The van der Waals surface area contributed by atoms with Crippen LogP contribution in [-0.2, 0) is 6.54 Å². The van der Waals surface area contributed by atoms with Crippen LogP contribution in [0.15, 0.2) is 12.1 Å². The third-order valence-electron chi connectivity index (χ3n) is 4.03. The van der Waals surface area contributed by atoms with Crippen LogP contribution >= 0.6 is 0 Å². The summed E-state index contributed by atoms with van der Waals surface area (Å²) in [6.07, 6.45) is 2.29. The number of aromatic nitrogens is 2. The van der Waals surface area contributed by atoms with E-state index in [2.05, 4.69) is 44.4 Å². The van der Waals surface area contributed by atoms with E-state index in [4.69, 9.17) is 10.7 Å². The molecular weight excluding hydrogens is 246 g/mol. The van der Waals surface area contributed by atoms with Crippen LogP contribution in [-0.4, -0.2) is 9.55 Å². The van der Waals surface area contributed by atoms with Crippen molar-refractivity contribution in [3.05, 3.63) is 34.6 Å². The number of hydrogen-bond donors (Lipinski definition) is 1. The molecule has 0 saturated carbocycles. The number of imidazole rings is 1. The molecular formula is C17H25N3. The summed E-state index contributed by atoms with van der Waals surface area (Å²) in [5, 5.41) is 0. The molecule has 0 atom stereocenters. The van der Waals surface area contributed by atoms with Gasteiger partial charge in [0, 0.05) is 12.1 Å². The Hall–Kier alpha value is -1.77. The quantitative estimate of drug-likeness (QED) is 0.907. The van der Waals surface area contributed by atoms with E-state index in [9.17, 15) is 0 Å². The van der Waals surface area contributed by atoms with Crippen molar-refractivity contribution in [2.24, 2.45) is 0 Å². The highest BCUT2D eigenvalue weighted by Crippen LogP contribution is 2.31. The number of benzene rings is 1. The topological polar surface area (TPSA) is 43.8 Å². The average Bonchev–Trinajstić information content (AvgIpc) is 2.67. The SMILES string of the molecule is CCCCn1c(C)nc(-c2cc(C)c(C)cc2C)c1N. The second kappa shape index (κ2) is 5.70. The van der Waals surface area contributed by atoms with Crippen LogP contribution in [0, 0.1) is 27.7 Å². The molecule has 0 saturated heterocycles. The number of anilines is 1. The minimum atomic E-state index is 0.794. The number of hydrogen-bond acceptors (Lipinski definition) is 2. The molecule has 108 valence electrons. The van der Waals surface area contributed by atoms with Gasteiger partial charge in [0.25, 0.3) is 0 Å². The molecule has 0 amide bonds. The molecule has 0 aliphatic heterocycles. The van der Waals surface area contributed by atoms with Crippen molar-refractivity contribution < 1.29 is 0 Å². The summed E-state index contributed by atoms with van der Waals surface area (Å²) < 4.78 is 2.13. The molecule has 0 unspecified atom stereocenters. The number of aryl methyl sites for hydroxylation is 4. The molecule has 3 nitrogen and oxygen atoms in total. The molecule has 0 spiro atoms. The third-order valence-corrected chi connectivity index (χ3v) is 4.03. The molecule has 2 aromatic rings. The monoisotopic (exact) mass is 271 g/mol. The number of nitrogens with zero attached hydrogens (tertiary/aromatic N) is 2. The lowest BCUT2D eigenvalue weighted by molar-refractivity contribution is 0.622. The zero-order valence-corrected chi connectivity index (χ0v) is 13.2. The minimum Gasteiger partial charge on any atom is -0.383 e. The van der Waals surface area contributed by atoms with Crippen molar-refractivity contribution in [2.45, 2.75) is 54.0 Å². The van der Waals surface area contributed by atoms with Crippen molar-refractivity contribution in [3.8, 4) is 11.3 Å². The van der Waals surface area contributed by atoms with Crippen molar-refractivity contribution in [1.29, 1.82) is 0 Å². The highest BCUT2D eigenvalue weighted by Gasteiger charge is 2.15. The Bertz CT molecular complexity index is 624. The van der Waals surface area contributed by atoms with Crippen LogP contribution in [0.25, 0.3) is 11.3 Å². The predicted octanol–water partition coefficient (Wildman–Crippen LogP) is 4.17. The summed E-state index contributed by atoms with van der Waals surface area (Å²) in [6, 6.07) is 4.41. The number of rotatable bonds is 4. The molecule has 1 aromatic carbocycles. The van der Waals surface area contributed by atoms with Crippen LogP contribution in [0.2, 0.25) is 0 Å². The van der Waals surface area contributed by atoms with Crippen LogP contribution in [0.4, 0.5) is 5.82 Å². The van der Waals surface area contributed by atoms with E-state index in [1.54, 1.807) is 0 Å². The lowest BCUT2D eigenvalue weighted by atomic mass is 9.99. The normalized spacial score (nSPS) is 11.1. The third kappa shape index (κ3) is 2.58. The van der Waals surface area contributed by atoms with Gasteiger partial charge >= 0.3 is 0 Å². The van der Waals surface area contributed by atoms with Gasteiger partial charge in [-0.2, -0.15) is 0 Å². The fraction of sp³-hybridized carbons (Fsp3) is 0.471. The van der Waals surface area contributed by atoms with Crippen molar-refractivity contribution in [2.75, 3.05) is 5.73 Å². The van der Waals surface area contributed by atoms with Gasteiger partial charge in [-0.05, 0) is 56.9 Å². The fourth-order valence-corrected chi connectivity index (χ4v) is 2.59. The Morgan fingerprint density at radius 3 is 2.35 bits per heavy atom. The number of unbranched alkanes of at least 4 members (excludes halogenated alkanes) is 1. The summed E-state index contributed by atoms with van der Waals surface area (Å²) in [4.78, 5) is 4.70. The first kappa shape index (κ1) is 14.6. The average molecular weight is 271 g/mol. The molecule has 0 fully saturated rings. The van der Waals surface area contributed by atoms with E-state index >= 15 is 0 Å². The second-order valence-corrected chi connectivity index (χ2v) is 5.65. The largest absolute Gasteiger partial charge is 0.383 e. The number of nitrogen functional groups attached to an aromatic ring is 1. The molecule has 2 N–H and O–H groups in total. The van der Waals surface area contributed by atoms with E-state index in [-0.39, 0.29) is 0 Å². The van der Waals surface area contributed by atoms with Crippen LogP contribution in [0.3, 0.4) is 0 Å². The molecule has 1 heterocycles. The lowest BCUT2D eigenvalue weighted by Crippen LogP contribution is -2.05. The maximum atomic E-state index is 6.33. The minimum absolute atomic E-state index is 0.794. The molecule has 2 rings (SSSR count). The molecule has 1 aromatic heterocycles. The van der Waals surface area contributed by atoms with Gasteiger partial charge in [-0.15, -0.1) is 0 Å². The number of nitrogens with two attached hydrogens (primary N) is 1. The maximum absolute atomic E-state index is 6.33. The van der Waals surface area contributed by atoms with Gasteiger partial charge in [0.1, 0.15) is 17.3 Å². The van der Waals surface area contributed by atoms with Crippen molar-refractivity contribution in [1.82, 2.24) is 9.55 Å². The van der Waals surface area contributed by atoms with E-state index in [1.165, 1.54) is 16.7 Å². The maximum Gasteiger partial charge on any atom is 0.131 e. The molecule has 0 radical (unpaired) electrons. The van der Waals surface area contributed by atoms with E-state index in [1.807, 2.05) is 6.92 Å². The van der Waals surface area contributed by atoms with Gasteiger partial charge in [-0.25, -0.2) is 4.98 Å². The summed E-state index contributed by atoms with van der Waals surface area (Å²) in [7, 11) is 0. The zero-order chi connectivity index (χ0) is 14.9. The zero-order valence-electron chi connectivity index (χ0n) is 13.2. The van der Waals surface area contributed by atoms with Crippen LogP contribution in [0.5, 0.6) is 0 Å². The van der Waals surface area contributed by atoms with Gasteiger partial charge in [-0.1, -0.05) is 19.4 Å². The highest BCUT2D eigenvalue weighted by atomic mass is 15.1. The van der Waals surface area contributed by atoms with Crippen LogP contribution in [0.1, 0.15) is 42.3 Å². The summed E-state index contributed by atoms with van der Waals surface area (Å²) >= 11 is 0. The fourth-order valence-electron chi connectivity index (χ4n) is 2.59. The lowest BCUT2D eigenvalue weighted by Gasteiger charge is -2.10. The predicted molar refractivity (Wildman–Crippen MR) is 85.9 cm³/mol. The Morgan fingerprint density at radius 2 is 1.70 bits per heavy atom. The Morgan fingerprint density at radius 1 is 1.05 bits per heavy atom. The Labute approximate surface area is 121 Å². The van der Waals surface area contributed by atoms with Crippen molar-refractivity contribution in [3.63, 3.8) is 0 Å². The molecule has 20 heavy (non-hydrogen) atoms. The van der Waals surface area contributed by atoms with Gasteiger partial charge in [0.2, 0.25) is 0 Å². The summed E-state index contributed by atoms with van der Waals surface area (Å²) in [6.45, 7) is 11.6. The molecule has 0 aliphatic carbocycles. The van der Waals surface area contributed by atoms with Gasteiger partial charge in [0.05, 0.1) is 0 Å². The van der Waals surface area contributed by atoms with Crippen molar-refractivity contribution >= 4 is 5.82 Å². The van der Waals surface area contributed by atoms with E-state index in [0.29, 0.717) is 0 Å². The highest BCUT2D eigenvalue weighted by molar-refractivity contribution is 5.74. The second-order valence-electron chi connectivity index (χ2n) is 5.65.